The third-order valence-electron chi connectivity index (χ3n) is 8.02. The second-order valence-corrected chi connectivity index (χ2v) is 11.3. The standard InChI is InChI=1S/C36H34N3O/c1-22(2)29-19-28(26-10-8-7-9-11-26)20-30(23(3)4)35(29)39-33-17-25(21-37)12-13-32(33)38(6)36(39)31-18-27-14-15-40-34(27)16-24(31)5/h7-20,22-23H,1-6H3/q+1. The van der Waals surface area contributed by atoms with E-state index < -0.39 is 0 Å². The Morgan fingerprint density at radius 1 is 0.825 bits per heavy atom. The summed E-state index contributed by atoms with van der Waals surface area (Å²) in [7, 11) is 2.13. The van der Waals surface area contributed by atoms with Gasteiger partial charge in [-0.1, -0.05) is 58.0 Å². The first-order valence-corrected chi connectivity index (χ1v) is 13.9. The molecule has 0 radical (unpaired) electrons. The molecule has 0 saturated carbocycles. The molecule has 0 atom stereocenters. The topological polar surface area (TPSA) is 45.7 Å². The van der Waals surface area contributed by atoms with Crippen molar-refractivity contribution in [3.63, 3.8) is 0 Å². The monoisotopic (exact) mass is 524 g/mol. The lowest BCUT2D eigenvalue weighted by molar-refractivity contribution is -0.633. The van der Waals surface area contributed by atoms with Crippen molar-refractivity contribution in [2.24, 2.45) is 7.05 Å². The first-order chi connectivity index (χ1) is 19.3. The highest BCUT2D eigenvalue weighted by Gasteiger charge is 2.32. The predicted octanol–water partition coefficient (Wildman–Crippen LogP) is 8.96. The highest BCUT2D eigenvalue weighted by atomic mass is 16.3. The summed E-state index contributed by atoms with van der Waals surface area (Å²) >= 11 is 0. The van der Waals surface area contributed by atoms with E-state index in [1.807, 2.05) is 18.2 Å². The number of benzene rings is 4. The summed E-state index contributed by atoms with van der Waals surface area (Å²) in [5.41, 5.74) is 12.1. The van der Waals surface area contributed by atoms with Crippen molar-refractivity contribution in [2.45, 2.75) is 46.5 Å². The van der Waals surface area contributed by atoms with Gasteiger partial charge < -0.3 is 4.42 Å². The van der Waals surface area contributed by atoms with Crippen molar-refractivity contribution in [2.75, 3.05) is 0 Å². The van der Waals surface area contributed by atoms with E-state index in [1.54, 1.807) is 6.26 Å². The molecule has 6 rings (SSSR count). The number of aryl methyl sites for hydroxylation is 2. The lowest BCUT2D eigenvalue weighted by Crippen LogP contribution is -2.30. The molecule has 4 nitrogen and oxygen atoms in total. The number of imidazole rings is 1. The van der Waals surface area contributed by atoms with E-state index in [2.05, 4.69) is 118 Å². The highest BCUT2D eigenvalue weighted by Crippen LogP contribution is 2.40. The van der Waals surface area contributed by atoms with Gasteiger partial charge in [-0.3, -0.25) is 0 Å². The molecule has 2 heterocycles. The van der Waals surface area contributed by atoms with Crippen molar-refractivity contribution in [1.29, 1.82) is 5.26 Å². The van der Waals surface area contributed by atoms with E-state index in [4.69, 9.17) is 4.42 Å². The van der Waals surface area contributed by atoms with Crippen LogP contribution in [0.25, 0.3) is 50.2 Å². The van der Waals surface area contributed by atoms with Crippen LogP contribution in [0.1, 0.15) is 61.8 Å². The molecule has 4 heteroatoms. The summed E-state index contributed by atoms with van der Waals surface area (Å²) in [6.45, 7) is 11.2. The van der Waals surface area contributed by atoms with Crippen LogP contribution in [0.15, 0.2) is 89.5 Å². The summed E-state index contributed by atoms with van der Waals surface area (Å²) in [5, 5.41) is 10.9. The molecule has 0 aliphatic carbocycles. The molecular formula is C36H34N3O+. The van der Waals surface area contributed by atoms with Crippen LogP contribution in [0.3, 0.4) is 0 Å². The second-order valence-electron chi connectivity index (χ2n) is 11.3. The summed E-state index contributed by atoms with van der Waals surface area (Å²) in [5.74, 6) is 1.65. The van der Waals surface area contributed by atoms with Crippen LogP contribution in [-0.2, 0) is 7.05 Å². The Morgan fingerprint density at radius 3 is 2.17 bits per heavy atom. The molecular weight excluding hydrogens is 490 g/mol. The van der Waals surface area contributed by atoms with Gasteiger partial charge in [0.25, 0.3) is 5.82 Å². The maximum Gasteiger partial charge on any atom is 0.295 e. The molecule has 0 aliphatic heterocycles. The van der Waals surface area contributed by atoms with Crippen LogP contribution >= 0.6 is 0 Å². The average Bonchev–Trinajstić information content (AvgIpc) is 3.52. The molecule has 4 aromatic carbocycles. The van der Waals surface area contributed by atoms with E-state index in [9.17, 15) is 5.26 Å². The van der Waals surface area contributed by atoms with Gasteiger partial charge in [0.15, 0.2) is 11.0 Å². The predicted molar refractivity (Wildman–Crippen MR) is 163 cm³/mol. The van der Waals surface area contributed by atoms with Crippen LogP contribution < -0.4 is 4.57 Å². The van der Waals surface area contributed by atoms with Gasteiger partial charge >= 0.3 is 0 Å². The van der Waals surface area contributed by atoms with Crippen molar-refractivity contribution < 1.29 is 8.98 Å². The molecule has 0 fully saturated rings. The van der Waals surface area contributed by atoms with Crippen LogP contribution in [0.4, 0.5) is 0 Å². The minimum atomic E-state index is 0.281. The van der Waals surface area contributed by atoms with Crippen molar-refractivity contribution >= 4 is 22.0 Å². The Balaban J connectivity index is 1.79. The molecule has 0 N–H and O–H groups in total. The molecule has 0 aliphatic rings. The average molecular weight is 525 g/mol. The van der Waals surface area contributed by atoms with Gasteiger partial charge in [0, 0.05) is 22.6 Å². The molecule has 40 heavy (non-hydrogen) atoms. The molecule has 0 saturated heterocycles. The normalized spacial score (nSPS) is 11.7. The van der Waals surface area contributed by atoms with E-state index in [1.165, 1.54) is 27.9 Å². The fourth-order valence-electron chi connectivity index (χ4n) is 5.93. The second kappa shape index (κ2) is 9.84. The molecule has 6 aromatic rings. The molecule has 0 amide bonds. The summed E-state index contributed by atoms with van der Waals surface area (Å²) in [6.07, 6.45) is 1.75. The Kier molecular flexibility index (Phi) is 6.31. The summed E-state index contributed by atoms with van der Waals surface area (Å²) in [6, 6.07) is 30.1. The molecule has 198 valence electrons. The third-order valence-corrected chi connectivity index (χ3v) is 8.02. The fraction of sp³-hybridized carbons (Fsp3) is 0.222. The van der Waals surface area contributed by atoms with Gasteiger partial charge in [-0.2, -0.15) is 9.83 Å². The van der Waals surface area contributed by atoms with Gasteiger partial charge in [0.2, 0.25) is 0 Å². The van der Waals surface area contributed by atoms with Crippen LogP contribution in [0.5, 0.6) is 0 Å². The number of furan rings is 1. The van der Waals surface area contributed by atoms with Crippen LogP contribution in [-0.4, -0.2) is 4.57 Å². The first-order valence-electron chi connectivity index (χ1n) is 13.9. The Labute approximate surface area is 235 Å². The van der Waals surface area contributed by atoms with Gasteiger partial charge in [0.05, 0.1) is 30.5 Å². The smallest absolute Gasteiger partial charge is 0.295 e. The Morgan fingerprint density at radius 2 is 1.52 bits per heavy atom. The number of nitrogens with zero attached hydrogens (tertiary/aromatic N) is 3. The third kappa shape index (κ3) is 4.10. The summed E-state index contributed by atoms with van der Waals surface area (Å²) < 4.78 is 10.4. The SMILES string of the molecule is Cc1cc2occc2cc1-c1n(-c2c(C(C)C)cc(-c3ccccc3)cc2C(C)C)c2cc(C#N)ccc2[n+]1C. The zero-order chi connectivity index (χ0) is 28.1. The van der Waals surface area contributed by atoms with E-state index >= 15 is 0 Å². The Bertz CT molecular complexity index is 1900. The highest BCUT2D eigenvalue weighted by molar-refractivity contribution is 5.87. The lowest BCUT2D eigenvalue weighted by Gasteiger charge is -2.21. The number of hydrogen-bond acceptors (Lipinski definition) is 2. The maximum absolute atomic E-state index is 9.86. The van der Waals surface area contributed by atoms with Gasteiger partial charge in [0.1, 0.15) is 11.3 Å². The lowest BCUT2D eigenvalue weighted by atomic mass is 9.88. The van der Waals surface area contributed by atoms with Crippen LogP contribution in [0.2, 0.25) is 0 Å². The van der Waals surface area contributed by atoms with Crippen LogP contribution in [0, 0.1) is 18.3 Å². The molecule has 0 bridgehead atoms. The number of aromatic nitrogens is 2. The minimum absolute atomic E-state index is 0.281. The quantitative estimate of drug-likeness (QED) is 0.211. The molecule has 0 unspecified atom stereocenters. The number of hydrogen-bond donors (Lipinski definition) is 0. The largest absolute Gasteiger partial charge is 0.464 e. The zero-order valence-corrected chi connectivity index (χ0v) is 24.0. The van der Waals surface area contributed by atoms with Crippen molar-refractivity contribution in [1.82, 2.24) is 4.57 Å². The minimum Gasteiger partial charge on any atom is -0.464 e. The molecule has 0 spiro atoms. The van der Waals surface area contributed by atoms with E-state index in [0.29, 0.717) is 5.56 Å². The van der Waals surface area contributed by atoms with E-state index in [0.717, 1.165) is 39.0 Å². The first kappa shape index (κ1) is 25.6. The van der Waals surface area contributed by atoms with Gasteiger partial charge in [-0.25, -0.2) is 4.57 Å². The number of nitriles is 1. The number of rotatable bonds is 5. The van der Waals surface area contributed by atoms with Crippen molar-refractivity contribution in [3.8, 4) is 34.3 Å². The summed E-state index contributed by atoms with van der Waals surface area (Å²) in [4.78, 5) is 0. The zero-order valence-electron chi connectivity index (χ0n) is 24.0. The molecule has 2 aromatic heterocycles. The Hall–Kier alpha value is -4.62. The van der Waals surface area contributed by atoms with E-state index in [-0.39, 0.29) is 11.8 Å². The van der Waals surface area contributed by atoms with Crippen molar-refractivity contribution in [3.05, 3.63) is 107 Å². The number of fused-ring (bicyclic) bond motifs is 2. The fourth-order valence-corrected chi connectivity index (χ4v) is 5.93. The van der Waals surface area contributed by atoms with Gasteiger partial charge in [-0.15, -0.1) is 0 Å². The van der Waals surface area contributed by atoms with Gasteiger partial charge in [-0.05, 0) is 77.9 Å². The maximum atomic E-state index is 9.86.